The van der Waals surface area contributed by atoms with E-state index in [9.17, 15) is 18.0 Å². The number of rotatable bonds is 6. The largest absolute Gasteiger partial charge is 0.476 e. The molecule has 0 unspecified atom stereocenters. The first-order valence-electron chi connectivity index (χ1n) is 5.57. The maximum absolute atomic E-state index is 11.9. The van der Waals surface area contributed by atoms with Crippen LogP contribution in [0.25, 0.3) is 0 Å². The highest BCUT2D eigenvalue weighted by Crippen LogP contribution is 2.20. The third-order valence-corrected chi connectivity index (χ3v) is 1.94. The van der Waals surface area contributed by atoms with Crippen molar-refractivity contribution in [3.63, 3.8) is 0 Å². The fourth-order valence-electron chi connectivity index (χ4n) is 1.25. The maximum atomic E-state index is 11.9. The van der Waals surface area contributed by atoms with Crippen molar-refractivity contribution in [1.29, 1.82) is 0 Å². The molecule has 1 aromatic rings. The van der Waals surface area contributed by atoms with Crippen LogP contribution in [0.2, 0.25) is 0 Å². The number of alkyl halides is 3. The summed E-state index contributed by atoms with van der Waals surface area (Å²) in [6, 6.07) is 3.14. The smallest absolute Gasteiger partial charge is 0.401 e. The van der Waals surface area contributed by atoms with E-state index in [0.717, 1.165) is 0 Å². The number of nitrogens with one attached hydrogen (secondary N) is 2. The molecule has 0 aliphatic heterocycles. The van der Waals surface area contributed by atoms with Crippen molar-refractivity contribution in [2.45, 2.75) is 13.1 Å². The van der Waals surface area contributed by atoms with E-state index >= 15 is 0 Å². The van der Waals surface area contributed by atoms with Crippen LogP contribution in [-0.4, -0.2) is 36.8 Å². The van der Waals surface area contributed by atoms with E-state index in [1.165, 1.54) is 6.20 Å². The summed E-state index contributed by atoms with van der Waals surface area (Å²) in [4.78, 5) is 15.3. The van der Waals surface area contributed by atoms with Crippen LogP contribution in [0.5, 0.6) is 5.88 Å². The summed E-state index contributed by atoms with van der Waals surface area (Å²) in [7, 11) is 0. The van der Waals surface area contributed by atoms with Crippen LogP contribution < -0.4 is 15.4 Å². The molecule has 106 valence electrons. The second kappa shape index (κ2) is 6.93. The van der Waals surface area contributed by atoms with Crippen molar-refractivity contribution in [1.82, 2.24) is 10.3 Å². The van der Waals surface area contributed by atoms with Crippen LogP contribution in [0.4, 0.5) is 18.9 Å². The summed E-state index contributed by atoms with van der Waals surface area (Å²) in [6.45, 7) is 0.461. The second-order valence-electron chi connectivity index (χ2n) is 3.56. The van der Waals surface area contributed by atoms with Gasteiger partial charge in [0.15, 0.2) is 0 Å². The topological polar surface area (TPSA) is 63.2 Å². The monoisotopic (exact) mass is 277 g/mol. The number of aromatic nitrogens is 1. The highest BCUT2D eigenvalue weighted by Gasteiger charge is 2.26. The zero-order valence-electron chi connectivity index (χ0n) is 10.3. The van der Waals surface area contributed by atoms with Crippen LogP contribution in [0.3, 0.4) is 0 Å². The predicted octanol–water partition coefficient (Wildman–Crippen LogP) is 1.57. The molecule has 0 spiro atoms. The molecule has 2 N–H and O–H groups in total. The van der Waals surface area contributed by atoms with Gasteiger partial charge in [-0.1, -0.05) is 0 Å². The fraction of sp³-hybridized carbons (Fsp3) is 0.455. The summed E-state index contributed by atoms with van der Waals surface area (Å²) in [5.41, 5.74) is 0.322. The quantitative estimate of drug-likeness (QED) is 0.828. The Balaban J connectivity index is 2.48. The van der Waals surface area contributed by atoms with Crippen molar-refractivity contribution in [2.75, 3.05) is 25.0 Å². The van der Waals surface area contributed by atoms with E-state index in [1.807, 2.05) is 5.32 Å². The van der Waals surface area contributed by atoms with Gasteiger partial charge in [0.25, 0.3) is 0 Å². The van der Waals surface area contributed by atoms with E-state index in [2.05, 4.69) is 10.3 Å². The van der Waals surface area contributed by atoms with Crippen molar-refractivity contribution < 1.29 is 22.7 Å². The van der Waals surface area contributed by atoms with Gasteiger partial charge in [0.05, 0.1) is 19.7 Å². The molecule has 0 atom stereocenters. The van der Waals surface area contributed by atoms with Gasteiger partial charge in [-0.3, -0.25) is 4.79 Å². The summed E-state index contributed by atoms with van der Waals surface area (Å²) >= 11 is 0. The molecular formula is C11H14F3N3O2. The molecule has 0 aromatic carbocycles. The van der Waals surface area contributed by atoms with Gasteiger partial charge in [-0.15, -0.1) is 0 Å². The van der Waals surface area contributed by atoms with Crippen LogP contribution in [-0.2, 0) is 4.79 Å². The highest BCUT2D eigenvalue weighted by molar-refractivity contribution is 5.93. The summed E-state index contributed by atoms with van der Waals surface area (Å²) < 4.78 is 40.8. The molecule has 1 rings (SSSR count). The molecule has 0 aliphatic carbocycles. The Bertz CT molecular complexity index is 424. The maximum Gasteiger partial charge on any atom is 0.401 e. The number of nitrogens with zero attached hydrogens (tertiary/aromatic N) is 1. The standard InChI is InChI=1S/C11H14F3N3O2/c1-2-19-10-8(4-3-5-16-10)17-9(18)6-15-7-11(12,13)14/h3-5,15H,2,6-7H2,1H3,(H,17,18). The predicted molar refractivity (Wildman–Crippen MR) is 63.0 cm³/mol. The normalized spacial score (nSPS) is 11.2. The van der Waals surface area contributed by atoms with Crippen molar-refractivity contribution in [3.05, 3.63) is 18.3 Å². The van der Waals surface area contributed by atoms with Gasteiger partial charge in [-0.05, 0) is 19.1 Å². The molecule has 19 heavy (non-hydrogen) atoms. The number of pyridine rings is 1. The first-order valence-corrected chi connectivity index (χ1v) is 5.57. The first-order chi connectivity index (χ1) is 8.92. The molecule has 0 fully saturated rings. The van der Waals surface area contributed by atoms with E-state index < -0.39 is 25.2 Å². The van der Waals surface area contributed by atoms with E-state index in [0.29, 0.717) is 12.3 Å². The Hall–Kier alpha value is -1.83. The summed E-state index contributed by atoms with van der Waals surface area (Å²) in [5.74, 6) is -0.368. The van der Waals surface area contributed by atoms with Gasteiger partial charge in [0.1, 0.15) is 5.69 Å². The molecule has 0 radical (unpaired) electrons. The van der Waals surface area contributed by atoms with Gasteiger partial charge in [-0.25, -0.2) is 4.98 Å². The zero-order chi connectivity index (χ0) is 14.3. The Morgan fingerprint density at radius 3 is 2.84 bits per heavy atom. The third-order valence-electron chi connectivity index (χ3n) is 1.94. The average molecular weight is 277 g/mol. The molecule has 1 heterocycles. The second-order valence-corrected chi connectivity index (χ2v) is 3.56. The molecule has 0 aliphatic rings. The van der Waals surface area contributed by atoms with Crippen molar-refractivity contribution in [3.8, 4) is 5.88 Å². The van der Waals surface area contributed by atoms with Crippen LogP contribution in [0, 0.1) is 0 Å². The van der Waals surface area contributed by atoms with E-state index in [4.69, 9.17) is 4.74 Å². The van der Waals surface area contributed by atoms with Crippen molar-refractivity contribution >= 4 is 11.6 Å². The van der Waals surface area contributed by atoms with Crippen LogP contribution in [0.1, 0.15) is 6.92 Å². The minimum Gasteiger partial charge on any atom is -0.476 e. The highest BCUT2D eigenvalue weighted by atomic mass is 19.4. The molecule has 0 saturated carbocycles. The SMILES string of the molecule is CCOc1ncccc1NC(=O)CNCC(F)(F)F. The number of anilines is 1. The minimum absolute atomic E-state index is 0.231. The molecular weight excluding hydrogens is 263 g/mol. The Labute approximate surface area is 108 Å². The zero-order valence-corrected chi connectivity index (χ0v) is 10.3. The molecule has 1 amide bonds. The van der Waals surface area contributed by atoms with Crippen LogP contribution in [0.15, 0.2) is 18.3 Å². The minimum atomic E-state index is -4.34. The third kappa shape index (κ3) is 6.05. The van der Waals surface area contributed by atoms with Gasteiger partial charge >= 0.3 is 6.18 Å². The van der Waals surface area contributed by atoms with E-state index in [1.54, 1.807) is 19.1 Å². The average Bonchev–Trinajstić information content (AvgIpc) is 2.30. The molecule has 0 saturated heterocycles. The van der Waals surface area contributed by atoms with Gasteiger partial charge < -0.3 is 15.4 Å². The van der Waals surface area contributed by atoms with E-state index in [-0.39, 0.29) is 5.88 Å². The van der Waals surface area contributed by atoms with Gasteiger partial charge in [-0.2, -0.15) is 13.2 Å². The Kier molecular flexibility index (Phi) is 5.56. The number of carbonyl (C=O) groups is 1. The van der Waals surface area contributed by atoms with Crippen molar-refractivity contribution in [2.24, 2.45) is 0 Å². The fourth-order valence-corrected chi connectivity index (χ4v) is 1.25. The summed E-state index contributed by atoms with van der Waals surface area (Å²) in [5, 5.41) is 4.42. The van der Waals surface area contributed by atoms with Crippen LogP contribution >= 0.6 is 0 Å². The lowest BCUT2D eigenvalue weighted by Gasteiger charge is -2.11. The molecule has 8 heteroatoms. The Morgan fingerprint density at radius 2 is 2.21 bits per heavy atom. The number of hydrogen-bond acceptors (Lipinski definition) is 4. The summed E-state index contributed by atoms with van der Waals surface area (Å²) in [6.07, 6.45) is -2.85. The Morgan fingerprint density at radius 1 is 1.47 bits per heavy atom. The van der Waals surface area contributed by atoms with Gasteiger partial charge in [0, 0.05) is 6.20 Å². The molecule has 0 bridgehead atoms. The lowest BCUT2D eigenvalue weighted by molar-refractivity contribution is -0.126. The number of hydrogen-bond donors (Lipinski definition) is 2. The first kappa shape index (κ1) is 15.2. The number of halogens is 3. The lowest BCUT2D eigenvalue weighted by Crippen LogP contribution is -2.35. The van der Waals surface area contributed by atoms with Gasteiger partial charge in [0.2, 0.25) is 11.8 Å². The lowest BCUT2D eigenvalue weighted by atomic mass is 10.4. The number of amides is 1. The molecule has 1 aromatic heterocycles. The number of ether oxygens (including phenoxy) is 1. The molecule has 5 nitrogen and oxygen atoms in total. The number of carbonyl (C=O) groups excluding carboxylic acids is 1.